The van der Waals surface area contributed by atoms with E-state index in [0.29, 0.717) is 16.9 Å². The molecule has 1 unspecified atom stereocenters. The average Bonchev–Trinajstić information content (AvgIpc) is 3.22. The van der Waals surface area contributed by atoms with Gasteiger partial charge in [-0.05, 0) is 49.4 Å². The number of benzene rings is 3. The van der Waals surface area contributed by atoms with Crippen molar-refractivity contribution in [1.82, 2.24) is 4.98 Å². The van der Waals surface area contributed by atoms with Gasteiger partial charge >= 0.3 is 0 Å². The SMILES string of the molecule is Cc1oc(C(O)c2ccccc2F)nc1C(=O)Nc1ccc(C(=O)Nc2ccccc2)cc1. The predicted molar refractivity (Wildman–Crippen MR) is 120 cm³/mol. The molecule has 3 aromatic carbocycles. The van der Waals surface area contributed by atoms with Crippen molar-refractivity contribution in [2.75, 3.05) is 10.6 Å². The molecule has 1 heterocycles. The van der Waals surface area contributed by atoms with Crippen molar-refractivity contribution < 1.29 is 23.5 Å². The number of aliphatic hydroxyl groups is 1. The summed E-state index contributed by atoms with van der Waals surface area (Å²) >= 11 is 0. The van der Waals surface area contributed by atoms with Crippen molar-refractivity contribution in [3.63, 3.8) is 0 Å². The Balaban J connectivity index is 1.44. The van der Waals surface area contributed by atoms with Crippen molar-refractivity contribution in [2.24, 2.45) is 0 Å². The number of anilines is 2. The lowest BCUT2D eigenvalue weighted by atomic mass is 10.1. The third-order valence-electron chi connectivity index (χ3n) is 4.90. The van der Waals surface area contributed by atoms with E-state index in [0.717, 1.165) is 0 Å². The van der Waals surface area contributed by atoms with Crippen molar-refractivity contribution in [1.29, 1.82) is 0 Å². The van der Waals surface area contributed by atoms with Gasteiger partial charge < -0.3 is 20.2 Å². The summed E-state index contributed by atoms with van der Waals surface area (Å²) in [6, 6.07) is 21.1. The Bertz CT molecular complexity index is 1290. The number of aliphatic hydroxyl groups excluding tert-OH is 1. The highest BCUT2D eigenvalue weighted by Crippen LogP contribution is 2.26. The summed E-state index contributed by atoms with van der Waals surface area (Å²) in [5.41, 5.74) is 1.50. The largest absolute Gasteiger partial charge is 0.442 e. The summed E-state index contributed by atoms with van der Waals surface area (Å²) in [6.45, 7) is 1.52. The summed E-state index contributed by atoms with van der Waals surface area (Å²) in [7, 11) is 0. The Labute approximate surface area is 188 Å². The molecular weight excluding hydrogens is 425 g/mol. The van der Waals surface area contributed by atoms with Crippen molar-refractivity contribution in [3.8, 4) is 0 Å². The van der Waals surface area contributed by atoms with Gasteiger partial charge in [0.1, 0.15) is 11.6 Å². The first kappa shape index (κ1) is 21.9. The van der Waals surface area contributed by atoms with Gasteiger partial charge in [-0.3, -0.25) is 9.59 Å². The van der Waals surface area contributed by atoms with Gasteiger partial charge in [-0.15, -0.1) is 0 Å². The van der Waals surface area contributed by atoms with E-state index < -0.39 is 17.8 Å². The molecule has 8 heteroatoms. The third kappa shape index (κ3) is 4.97. The van der Waals surface area contributed by atoms with Crippen LogP contribution in [0.1, 0.15) is 44.2 Å². The molecule has 0 spiro atoms. The van der Waals surface area contributed by atoms with Gasteiger partial charge in [0, 0.05) is 22.5 Å². The molecule has 1 atom stereocenters. The molecule has 0 aliphatic heterocycles. The number of halogens is 1. The van der Waals surface area contributed by atoms with Crippen LogP contribution in [-0.2, 0) is 0 Å². The van der Waals surface area contributed by atoms with Crippen LogP contribution in [0.15, 0.2) is 83.3 Å². The number of carbonyl (C=O) groups excluding carboxylic acids is 2. The van der Waals surface area contributed by atoms with Crippen LogP contribution < -0.4 is 10.6 Å². The molecule has 1 aromatic heterocycles. The van der Waals surface area contributed by atoms with Crippen LogP contribution in [0.5, 0.6) is 0 Å². The van der Waals surface area contributed by atoms with Crippen LogP contribution in [0.4, 0.5) is 15.8 Å². The molecule has 0 bridgehead atoms. The summed E-state index contributed by atoms with van der Waals surface area (Å²) in [4.78, 5) is 29.1. The zero-order chi connectivity index (χ0) is 23.4. The molecule has 0 aliphatic carbocycles. The molecular formula is C25H20FN3O4. The van der Waals surface area contributed by atoms with E-state index in [-0.39, 0.29) is 28.8 Å². The highest BCUT2D eigenvalue weighted by molar-refractivity contribution is 6.06. The molecule has 4 aromatic rings. The van der Waals surface area contributed by atoms with Gasteiger partial charge in [-0.1, -0.05) is 36.4 Å². The second kappa shape index (κ2) is 9.46. The van der Waals surface area contributed by atoms with Gasteiger partial charge in [0.05, 0.1) is 0 Å². The highest BCUT2D eigenvalue weighted by Gasteiger charge is 2.24. The first-order valence-corrected chi connectivity index (χ1v) is 10.1. The lowest BCUT2D eigenvalue weighted by Crippen LogP contribution is -2.15. The van der Waals surface area contributed by atoms with Gasteiger partial charge in [0.25, 0.3) is 11.8 Å². The maximum atomic E-state index is 14.0. The molecule has 4 rings (SSSR count). The van der Waals surface area contributed by atoms with Crippen molar-refractivity contribution in [3.05, 3.63) is 113 Å². The lowest BCUT2D eigenvalue weighted by Gasteiger charge is -2.07. The Hall–Kier alpha value is -4.30. The summed E-state index contributed by atoms with van der Waals surface area (Å²) in [5, 5.41) is 15.9. The number of carbonyl (C=O) groups is 2. The van der Waals surface area contributed by atoms with Gasteiger partial charge in [-0.25, -0.2) is 9.37 Å². The fraction of sp³-hybridized carbons (Fsp3) is 0.0800. The number of amides is 2. The van der Waals surface area contributed by atoms with Crippen LogP contribution in [0.3, 0.4) is 0 Å². The van der Waals surface area contributed by atoms with E-state index in [4.69, 9.17) is 4.42 Å². The third-order valence-corrected chi connectivity index (χ3v) is 4.90. The van der Waals surface area contributed by atoms with Crippen LogP contribution in [-0.4, -0.2) is 21.9 Å². The van der Waals surface area contributed by atoms with E-state index in [2.05, 4.69) is 15.6 Å². The zero-order valence-corrected chi connectivity index (χ0v) is 17.6. The number of para-hydroxylation sites is 1. The standard InChI is InChI=1S/C25H20FN3O4/c1-15-21(29-25(33-15)22(30)19-9-5-6-10-20(19)26)24(32)28-18-13-11-16(12-14-18)23(31)27-17-7-3-2-4-8-17/h2-14,22,30H,1H3,(H,27,31)(H,28,32). The second-order valence-corrected chi connectivity index (χ2v) is 7.23. The van der Waals surface area contributed by atoms with Crippen LogP contribution in [0.25, 0.3) is 0 Å². The molecule has 2 amide bonds. The fourth-order valence-corrected chi connectivity index (χ4v) is 3.19. The number of hydrogen-bond donors (Lipinski definition) is 3. The Morgan fingerprint density at radius 1 is 0.879 bits per heavy atom. The lowest BCUT2D eigenvalue weighted by molar-refractivity contribution is 0.101. The number of hydrogen-bond acceptors (Lipinski definition) is 5. The van der Waals surface area contributed by atoms with Crippen LogP contribution in [0, 0.1) is 12.7 Å². The van der Waals surface area contributed by atoms with Crippen molar-refractivity contribution >= 4 is 23.2 Å². The molecule has 7 nitrogen and oxygen atoms in total. The number of nitrogens with zero attached hydrogens (tertiary/aromatic N) is 1. The smallest absolute Gasteiger partial charge is 0.277 e. The number of rotatable bonds is 6. The van der Waals surface area contributed by atoms with E-state index in [1.807, 2.05) is 18.2 Å². The summed E-state index contributed by atoms with van der Waals surface area (Å²) < 4.78 is 19.4. The Morgan fingerprint density at radius 2 is 1.48 bits per heavy atom. The molecule has 33 heavy (non-hydrogen) atoms. The molecule has 0 saturated carbocycles. The van der Waals surface area contributed by atoms with Gasteiger partial charge in [0.15, 0.2) is 11.8 Å². The van der Waals surface area contributed by atoms with E-state index in [1.165, 1.54) is 25.1 Å². The number of oxazole rings is 1. The van der Waals surface area contributed by atoms with Gasteiger partial charge in [-0.2, -0.15) is 0 Å². The van der Waals surface area contributed by atoms with E-state index in [1.54, 1.807) is 42.5 Å². The average molecular weight is 445 g/mol. The summed E-state index contributed by atoms with van der Waals surface area (Å²) in [6.07, 6.45) is -1.45. The molecule has 0 aliphatic rings. The van der Waals surface area contributed by atoms with Gasteiger partial charge in [0.2, 0.25) is 5.89 Å². The van der Waals surface area contributed by atoms with Crippen LogP contribution >= 0.6 is 0 Å². The Morgan fingerprint density at radius 3 is 2.18 bits per heavy atom. The quantitative estimate of drug-likeness (QED) is 0.399. The maximum Gasteiger partial charge on any atom is 0.277 e. The monoisotopic (exact) mass is 445 g/mol. The summed E-state index contributed by atoms with van der Waals surface area (Å²) in [5.74, 6) is -1.46. The second-order valence-electron chi connectivity index (χ2n) is 7.23. The highest BCUT2D eigenvalue weighted by atomic mass is 19.1. The molecule has 0 fully saturated rings. The van der Waals surface area contributed by atoms with Crippen LogP contribution in [0.2, 0.25) is 0 Å². The number of nitrogens with one attached hydrogen (secondary N) is 2. The minimum Gasteiger partial charge on any atom is -0.442 e. The molecule has 0 radical (unpaired) electrons. The normalized spacial score (nSPS) is 11.6. The molecule has 3 N–H and O–H groups in total. The molecule has 166 valence electrons. The topological polar surface area (TPSA) is 104 Å². The zero-order valence-electron chi connectivity index (χ0n) is 17.6. The molecule has 0 saturated heterocycles. The maximum absolute atomic E-state index is 14.0. The number of aromatic nitrogens is 1. The number of aryl methyl sites for hydroxylation is 1. The minimum absolute atomic E-state index is 0.00456. The minimum atomic E-state index is -1.45. The fourth-order valence-electron chi connectivity index (χ4n) is 3.19. The first-order chi connectivity index (χ1) is 15.9. The van der Waals surface area contributed by atoms with Crippen molar-refractivity contribution in [2.45, 2.75) is 13.0 Å². The Kier molecular flexibility index (Phi) is 6.28. The van der Waals surface area contributed by atoms with E-state index in [9.17, 15) is 19.1 Å². The predicted octanol–water partition coefficient (Wildman–Crippen LogP) is 4.71. The van der Waals surface area contributed by atoms with E-state index >= 15 is 0 Å². The first-order valence-electron chi connectivity index (χ1n) is 10.1.